The lowest BCUT2D eigenvalue weighted by atomic mass is 9.92. The van der Waals surface area contributed by atoms with Crippen LogP contribution in [0.25, 0.3) is 0 Å². The largest absolute Gasteiger partial charge is 0.316 e. The molecule has 0 radical (unpaired) electrons. The van der Waals surface area contributed by atoms with Crippen LogP contribution in [-0.4, -0.2) is 13.1 Å². The molecule has 104 valence electrons. The van der Waals surface area contributed by atoms with Gasteiger partial charge in [-0.25, -0.2) is 0 Å². The third kappa shape index (κ3) is 4.62. The summed E-state index contributed by atoms with van der Waals surface area (Å²) in [5, 5.41) is 4.28. The molecular formula is C16H21BrClN. The number of nitrogens with one attached hydrogen (secondary N) is 1. The maximum absolute atomic E-state index is 6.30. The summed E-state index contributed by atoms with van der Waals surface area (Å²) in [7, 11) is 2.04. The first kappa shape index (κ1) is 15.1. The average Bonchev–Trinajstić information content (AvgIpc) is 2.42. The number of benzene rings is 1. The normalized spacial score (nSPS) is 17.1. The molecular weight excluding hydrogens is 322 g/mol. The van der Waals surface area contributed by atoms with E-state index in [4.69, 9.17) is 11.6 Å². The van der Waals surface area contributed by atoms with E-state index >= 15 is 0 Å². The number of rotatable bonds is 5. The number of hydrogen-bond acceptors (Lipinski definition) is 1. The molecule has 0 bridgehead atoms. The van der Waals surface area contributed by atoms with E-state index in [1.54, 1.807) is 5.57 Å². The van der Waals surface area contributed by atoms with Crippen LogP contribution in [0.3, 0.4) is 0 Å². The molecule has 0 aromatic heterocycles. The maximum atomic E-state index is 6.30. The fraction of sp³-hybridized carbons (Fsp3) is 0.500. The first-order valence-electron chi connectivity index (χ1n) is 6.98. The van der Waals surface area contributed by atoms with Gasteiger partial charge in [-0.2, -0.15) is 0 Å². The topological polar surface area (TPSA) is 12.0 Å². The smallest absolute Gasteiger partial charge is 0.0449 e. The minimum atomic E-state index is 0.475. The van der Waals surface area contributed by atoms with Gasteiger partial charge in [0.25, 0.3) is 0 Å². The Morgan fingerprint density at radius 2 is 2.16 bits per heavy atom. The van der Waals surface area contributed by atoms with Crippen molar-refractivity contribution in [2.24, 2.45) is 0 Å². The fourth-order valence-corrected chi connectivity index (χ4v) is 3.39. The third-order valence-electron chi connectivity index (χ3n) is 3.78. The van der Waals surface area contributed by atoms with Crippen molar-refractivity contribution in [3.05, 3.63) is 44.9 Å². The van der Waals surface area contributed by atoms with E-state index in [0.29, 0.717) is 6.04 Å². The lowest BCUT2D eigenvalue weighted by Gasteiger charge is -2.21. The van der Waals surface area contributed by atoms with Crippen LogP contribution in [0.5, 0.6) is 0 Å². The molecule has 1 aliphatic carbocycles. The van der Waals surface area contributed by atoms with Crippen LogP contribution in [0.4, 0.5) is 0 Å². The first-order chi connectivity index (χ1) is 9.19. The van der Waals surface area contributed by atoms with Crippen LogP contribution < -0.4 is 5.32 Å². The van der Waals surface area contributed by atoms with Crippen LogP contribution in [0.15, 0.2) is 34.3 Å². The minimum absolute atomic E-state index is 0.475. The number of allylic oxidation sites excluding steroid dienone is 1. The third-order valence-corrected chi connectivity index (χ3v) is 4.63. The Bertz CT molecular complexity index is 456. The molecule has 3 heteroatoms. The summed E-state index contributed by atoms with van der Waals surface area (Å²) in [6.07, 6.45) is 9.78. The Kier molecular flexibility index (Phi) is 5.93. The van der Waals surface area contributed by atoms with E-state index in [-0.39, 0.29) is 0 Å². The molecule has 1 aliphatic rings. The van der Waals surface area contributed by atoms with Crippen molar-refractivity contribution in [2.75, 3.05) is 7.05 Å². The zero-order valence-electron chi connectivity index (χ0n) is 11.4. The Morgan fingerprint density at radius 1 is 1.32 bits per heavy atom. The predicted molar refractivity (Wildman–Crippen MR) is 86.9 cm³/mol. The lowest BCUT2D eigenvalue weighted by Crippen LogP contribution is -2.28. The molecule has 1 unspecified atom stereocenters. The van der Waals surface area contributed by atoms with Gasteiger partial charge in [-0.05, 0) is 63.3 Å². The van der Waals surface area contributed by atoms with E-state index in [1.165, 1.54) is 31.2 Å². The fourth-order valence-electron chi connectivity index (χ4n) is 2.64. The van der Waals surface area contributed by atoms with Gasteiger partial charge < -0.3 is 5.32 Å². The van der Waals surface area contributed by atoms with Crippen LogP contribution in [0.2, 0.25) is 5.02 Å². The van der Waals surface area contributed by atoms with Gasteiger partial charge in [-0.1, -0.05) is 45.2 Å². The summed E-state index contributed by atoms with van der Waals surface area (Å²) >= 11 is 9.75. The van der Waals surface area contributed by atoms with Crippen LogP contribution in [-0.2, 0) is 6.42 Å². The van der Waals surface area contributed by atoms with Gasteiger partial charge in [-0.3, -0.25) is 0 Å². The average molecular weight is 343 g/mol. The highest BCUT2D eigenvalue weighted by molar-refractivity contribution is 9.10. The molecule has 1 N–H and O–H groups in total. The van der Waals surface area contributed by atoms with Gasteiger partial charge in [0.1, 0.15) is 0 Å². The molecule has 0 saturated carbocycles. The Labute approximate surface area is 129 Å². The van der Waals surface area contributed by atoms with Crippen molar-refractivity contribution in [2.45, 2.75) is 44.6 Å². The standard InChI is InChI=1S/C16H21BrClN/c1-19-15(9-12-5-3-2-4-6-12)10-13-7-8-14(17)11-16(13)18/h5,7-8,11,15,19H,2-4,6,9-10H2,1H3. The number of likely N-dealkylation sites (N-methyl/N-ethyl adjacent to an activating group) is 1. The molecule has 1 aromatic carbocycles. The molecule has 19 heavy (non-hydrogen) atoms. The van der Waals surface area contributed by atoms with E-state index in [1.807, 2.05) is 13.1 Å². The molecule has 0 amide bonds. The summed E-state index contributed by atoms with van der Waals surface area (Å²) < 4.78 is 1.04. The molecule has 2 rings (SSSR count). The van der Waals surface area contributed by atoms with Crippen molar-refractivity contribution < 1.29 is 0 Å². The molecule has 1 atom stereocenters. The van der Waals surface area contributed by atoms with Gasteiger partial charge >= 0.3 is 0 Å². The second-order valence-electron chi connectivity index (χ2n) is 5.24. The van der Waals surface area contributed by atoms with Crippen LogP contribution in [0, 0.1) is 0 Å². The molecule has 1 nitrogen and oxygen atoms in total. The van der Waals surface area contributed by atoms with Crippen molar-refractivity contribution in [1.82, 2.24) is 5.32 Å². The summed E-state index contributed by atoms with van der Waals surface area (Å²) in [5.74, 6) is 0. The summed E-state index contributed by atoms with van der Waals surface area (Å²) in [4.78, 5) is 0. The van der Waals surface area contributed by atoms with Gasteiger partial charge in [0.2, 0.25) is 0 Å². The number of halogens is 2. The van der Waals surface area contributed by atoms with Crippen molar-refractivity contribution in [3.63, 3.8) is 0 Å². The lowest BCUT2D eigenvalue weighted by molar-refractivity contribution is 0.532. The van der Waals surface area contributed by atoms with Gasteiger partial charge in [0, 0.05) is 15.5 Å². The van der Waals surface area contributed by atoms with Gasteiger partial charge in [0.05, 0.1) is 0 Å². The summed E-state index contributed by atoms with van der Waals surface area (Å²) in [6.45, 7) is 0. The van der Waals surface area contributed by atoms with E-state index in [2.05, 4.69) is 39.5 Å². The Balaban J connectivity index is 2.00. The van der Waals surface area contributed by atoms with E-state index in [0.717, 1.165) is 22.3 Å². The summed E-state index contributed by atoms with van der Waals surface area (Å²) in [5.41, 5.74) is 2.83. The molecule has 0 fully saturated rings. The first-order valence-corrected chi connectivity index (χ1v) is 8.15. The Morgan fingerprint density at radius 3 is 2.79 bits per heavy atom. The minimum Gasteiger partial charge on any atom is -0.316 e. The molecule has 0 aliphatic heterocycles. The van der Waals surface area contributed by atoms with Crippen molar-refractivity contribution in [1.29, 1.82) is 0 Å². The highest BCUT2D eigenvalue weighted by atomic mass is 79.9. The van der Waals surface area contributed by atoms with Crippen LogP contribution in [0.1, 0.15) is 37.7 Å². The zero-order valence-corrected chi connectivity index (χ0v) is 13.7. The van der Waals surface area contributed by atoms with Gasteiger partial charge in [-0.15, -0.1) is 0 Å². The maximum Gasteiger partial charge on any atom is 0.0449 e. The summed E-state index contributed by atoms with van der Waals surface area (Å²) in [6, 6.07) is 6.63. The highest BCUT2D eigenvalue weighted by Crippen LogP contribution is 2.26. The quantitative estimate of drug-likeness (QED) is 0.732. The van der Waals surface area contributed by atoms with E-state index in [9.17, 15) is 0 Å². The van der Waals surface area contributed by atoms with Crippen LogP contribution >= 0.6 is 27.5 Å². The Hall–Kier alpha value is -0.310. The SMILES string of the molecule is CNC(CC1=CCCCC1)Cc1ccc(Br)cc1Cl. The highest BCUT2D eigenvalue weighted by Gasteiger charge is 2.13. The van der Waals surface area contributed by atoms with Gasteiger partial charge in [0.15, 0.2) is 0 Å². The van der Waals surface area contributed by atoms with Crippen molar-refractivity contribution >= 4 is 27.5 Å². The molecule has 1 aromatic rings. The van der Waals surface area contributed by atoms with E-state index < -0.39 is 0 Å². The molecule has 0 spiro atoms. The predicted octanol–water partition coefficient (Wildman–Crippen LogP) is 5.12. The molecule has 0 saturated heterocycles. The second kappa shape index (κ2) is 7.47. The second-order valence-corrected chi connectivity index (χ2v) is 6.56. The number of hydrogen-bond donors (Lipinski definition) is 1. The zero-order chi connectivity index (χ0) is 13.7. The van der Waals surface area contributed by atoms with Crippen molar-refractivity contribution in [3.8, 4) is 0 Å². The monoisotopic (exact) mass is 341 g/mol. The molecule has 0 heterocycles.